The van der Waals surface area contributed by atoms with E-state index in [9.17, 15) is 9.59 Å². The minimum absolute atomic E-state index is 0.100. The molecule has 3 rings (SSSR count). The average Bonchev–Trinajstić information content (AvgIpc) is 3.19. The number of thiophene rings is 1. The number of amides is 2. The summed E-state index contributed by atoms with van der Waals surface area (Å²) in [6.07, 6.45) is 1.94. The molecule has 1 aromatic carbocycles. The molecule has 1 aromatic heterocycles. The molecular weight excluding hydrogens is 308 g/mol. The lowest BCUT2D eigenvalue weighted by Gasteiger charge is -2.18. The minimum Gasteiger partial charge on any atom is -0.340 e. The van der Waals surface area contributed by atoms with Crippen molar-refractivity contribution < 1.29 is 9.59 Å². The van der Waals surface area contributed by atoms with Gasteiger partial charge in [-0.1, -0.05) is 18.2 Å². The maximum absolute atomic E-state index is 12.3. The van der Waals surface area contributed by atoms with Crippen LogP contribution in [0.25, 0.3) is 0 Å². The summed E-state index contributed by atoms with van der Waals surface area (Å²) in [7, 11) is 1.83. The quantitative estimate of drug-likeness (QED) is 0.846. The summed E-state index contributed by atoms with van der Waals surface area (Å²) in [5.41, 5.74) is 1.90. The molecule has 0 atom stereocenters. The third kappa shape index (κ3) is 3.79. The third-order valence-corrected chi connectivity index (χ3v) is 4.94. The molecule has 2 heterocycles. The molecule has 0 aliphatic carbocycles. The molecule has 4 nitrogen and oxygen atoms in total. The van der Waals surface area contributed by atoms with Gasteiger partial charge in [-0.2, -0.15) is 0 Å². The number of hydrogen-bond donors (Lipinski definition) is 0. The lowest BCUT2D eigenvalue weighted by Crippen LogP contribution is -2.27. The molecule has 120 valence electrons. The summed E-state index contributed by atoms with van der Waals surface area (Å²) in [5, 5.41) is 2.02. The van der Waals surface area contributed by atoms with E-state index >= 15 is 0 Å². The number of anilines is 1. The van der Waals surface area contributed by atoms with Crippen molar-refractivity contribution in [2.45, 2.75) is 25.8 Å². The molecular formula is C18H20N2O2S. The monoisotopic (exact) mass is 328 g/mol. The molecule has 2 amide bonds. The van der Waals surface area contributed by atoms with Crippen LogP contribution in [0.1, 0.15) is 23.3 Å². The van der Waals surface area contributed by atoms with Gasteiger partial charge >= 0.3 is 0 Å². The van der Waals surface area contributed by atoms with E-state index in [4.69, 9.17) is 0 Å². The summed E-state index contributed by atoms with van der Waals surface area (Å²) in [5.74, 6) is 0.285. The molecule has 1 saturated heterocycles. The zero-order valence-electron chi connectivity index (χ0n) is 13.2. The van der Waals surface area contributed by atoms with E-state index in [2.05, 4.69) is 0 Å². The number of rotatable bonds is 5. The van der Waals surface area contributed by atoms with Crippen LogP contribution in [0.2, 0.25) is 0 Å². The number of likely N-dealkylation sites (N-methyl/N-ethyl adjacent to an activating group) is 1. The van der Waals surface area contributed by atoms with E-state index < -0.39 is 0 Å². The van der Waals surface area contributed by atoms with Crippen molar-refractivity contribution in [3.63, 3.8) is 0 Å². The molecule has 0 radical (unpaired) electrons. The standard InChI is InChI=1S/C18H20N2O2S/c1-19(13-16-4-3-11-23-16)18(22)12-14-6-8-15(9-7-14)20-10-2-5-17(20)21/h3-4,6-9,11H,2,5,10,12-13H2,1H3. The van der Waals surface area contributed by atoms with Crippen LogP contribution in [0.15, 0.2) is 41.8 Å². The topological polar surface area (TPSA) is 40.6 Å². The Balaban J connectivity index is 1.59. The van der Waals surface area contributed by atoms with Gasteiger partial charge in [0.2, 0.25) is 11.8 Å². The summed E-state index contributed by atoms with van der Waals surface area (Å²) in [4.78, 5) is 28.8. The van der Waals surface area contributed by atoms with E-state index in [-0.39, 0.29) is 11.8 Å². The van der Waals surface area contributed by atoms with Gasteiger partial charge in [0, 0.05) is 30.6 Å². The number of hydrogen-bond acceptors (Lipinski definition) is 3. The summed E-state index contributed by atoms with van der Waals surface area (Å²) in [6, 6.07) is 11.8. The number of carbonyl (C=O) groups excluding carboxylic acids is 2. The van der Waals surface area contributed by atoms with Gasteiger partial charge in [0.25, 0.3) is 0 Å². The van der Waals surface area contributed by atoms with Crippen LogP contribution in [0.5, 0.6) is 0 Å². The highest BCUT2D eigenvalue weighted by Crippen LogP contribution is 2.22. The molecule has 1 aliphatic heterocycles. The van der Waals surface area contributed by atoms with Crippen LogP contribution in [-0.2, 0) is 22.6 Å². The molecule has 1 fully saturated rings. The van der Waals surface area contributed by atoms with Crippen LogP contribution >= 0.6 is 11.3 Å². The number of carbonyl (C=O) groups is 2. The molecule has 0 N–H and O–H groups in total. The Morgan fingerprint density at radius 3 is 2.65 bits per heavy atom. The molecule has 0 spiro atoms. The second kappa shape index (κ2) is 6.96. The largest absolute Gasteiger partial charge is 0.340 e. The average molecular weight is 328 g/mol. The van der Waals surface area contributed by atoms with Gasteiger partial charge in [0.1, 0.15) is 0 Å². The Morgan fingerprint density at radius 1 is 1.26 bits per heavy atom. The Kier molecular flexibility index (Phi) is 4.76. The first-order valence-electron chi connectivity index (χ1n) is 7.79. The maximum Gasteiger partial charge on any atom is 0.227 e. The first-order chi connectivity index (χ1) is 11.1. The second-order valence-corrected chi connectivity index (χ2v) is 6.85. The first-order valence-corrected chi connectivity index (χ1v) is 8.67. The normalized spacial score (nSPS) is 14.3. The predicted molar refractivity (Wildman–Crippen MR) is 92.5 cm³/mol. The van der Waals surface area contributed by atoms with Crippen molar-refractivity contribution in [3.05, 3.63) is 52.2 Å². The highest BCUT2D eigenvalue weighted by molar-refractivity contribution is 7.09. The van der Waals surface area contributed by atoms with Crippen LogP contribution < -0.4 is 4.90 Å². The molecule has 23 heavy (non-hydrogen) atoms. The Morgan fingerprint density at radius 2 is 2.04 bits per heavy atom. The van der Waals surface area contributed by atoms with Crippen LogP contribution in [-0.4, -0.2) is 30.3 Å². The smallest absolute Gasteiger partial charge is 0.227 e. The predicted octanol–water partition coefficient (Wildman–Crippen LogP) is 3.08. The van der Waals surface area contributed by atoms with E-state index in [0.29, 0.717) is 19.4 Å². The van der Waals surface area contributed by atoms with Crippen molar-refractivity contribution in [1.82, 2.24) is 4.90 Å². The van der Waals surface area contributed by atoms with Crippen molar-refractivity contribution in [2.75, 3.05) is 18.5 Å². The highest BCUT2D eigenvalue weighted by Gasteiger charge is 2.21. The van der Waals surface area contributed by atoms with Crippen molar-refractivity contribution >= 4 is 28.8 Å². The minimum atomic E-state index is 0.100. The molecule has 2 aromatic rings. The van der Waals surface area contributed by atoms with Crippen LogP contribution in [0.3, 0.4) is 0 Å². The summed E-state index contributed by atoms with van der Waals surface area (Å²) >= 11 is 1.66. The van der Waals surface area contributed by atoms with Gasteiger partial charge in [-0.3, -0.25) is 9.59 Å². The zero-order chi connectivity index (χ0) is 16.2. The van der Waals surface area contributed by atoms with Gasteiger partial charge in [0.05, 0.1) is 13.0 Å². The molecule has 5 heteroatoms. The number of benzene rings is 1. The third-order valence-electron chi connectivity index (χ3n) is 4.08. The van der Waals surface area contributed by atoms with Gasteiger partial charge in [-0.05, 0) is 35.6 Å². The fraction of sp³-hybridized carbons (Fsp3) is 0.333. The Hall–Kier alpha value is -2.14. The van der Waals surface area contributed by atoms with Gasteiger partial charge in [-0.25, -0.2) is 0 Å². The fourth-order valence-corrected chi connectivity index (χ4v) is 3.51. The molecule has 0 unspecified atom stereocenters. The van der Waals surface area contributed by atoms with E-state index in [1.807, 2.05) is 53.7 Å². The van der Waals surface area contributed by atoms with E-state index in [1.54, 1.807) is 16.2 Å². The lowest BCUT2D eigenvalue weighted by atomic mass is 10.1. The van der Waals surface area contributed by atoms with E-state index in [0.717, 1.165) is 24.2 Å². The zero-order valence-corrected chi connectivity index (χ0v) is 14.0. The van der Waals surface area contributed by atoms with Crippen molar-refractivity contribution in [1.29, 1.82) is 0 Å². The molecule has 0 saturated carbocycles. The Bertz CT molecular complexity index is 680. The van der Waals surface area contributed by atoms with Crippen LogP contribution in [0, 0.1) is 0 Å². The van der Waals surface area contributed by atoms with Crippen LogP contribution in [0.4, 0.5) is 5.69 Å². The van der Waals surface area contributed by atoms with Gasteiger partial charge in [-0.15, -0.1) is 11.3 Å². The number of nitrogens with zero attached hydrogens (tertiary/aromatic N) is 2. The van der Waals surface area contributed by atoms with Gasteiger partial charge < -0.3 is 9.80 Å². The fourth-order valence-electron chi connectivity index (χ4n) is 2.75. The van der Waals surface area contributed by atoms with E-state index in [1.165, 1.54) is 4.88 Å². The summed E-state index contributed by atoms with van der Waals surface area (Å²) in [6.45, 7) is 1.44. The highest BCUT2D eigenvalue weighted by atomic mass is 32.1. The second-order valence-electron chi connectivity index (χ2n) is 5.82. The maximum atomic E-state index is 12.3. The SMILES string of the molecule is CN(Cc1cccs1)C(=O)Cc1ccc(N2CCCC2=O)cc1. The summed E-state index contributed by atoms with van der Waals surface area (Å²) < 4.78 is 0. The molecule has 1 aliphatic rings. The van der Waals surface area contributed by atoms with Gasteiger partial charge in [0.15, 0.2) is 0 Å². The first kappa shape index (κ1) is 15.7. The van der Waals surface area contributed by atoms with Crippen molar-refractivity contribution in [2.24, 2.45) is 0 Å². The lowest BCUT2D eigenvalue weighted by molar-refractivity contribution is -0.129. The Labute approximate surface area is 140 Å². The van der Waals surface area contributed by atoms with Crippen molar-refractivity contribution in [3.8, 4) is 0 Å². The molecule has 0 bridgehead atoms.